The number of carbonyl (C=O) groups is 2. The predicted octanol–water partition coefficient (Wildman–Crippen LogP) is 2.05. The first kappa shape index (κ1) is 17.0. The molecule has 1 aliphatic heterocycles. The number of aliphatic hydroxyl groups is 1. The van der Waals surface area contributed by atoms with Gasteiger partial charge in [-0.25, -0.2) is 0 Å². The van der Waals surface area contributed by atoms with Crippen LogP contribution in [-0.4, -0.2) is 46.7 Å². The topological polar surface area (TPSA) is 77.8 Å². The van der Waals surface area contributed by atoms with E-state index < -0.39 is 11.4 Å². The summed E-state index contributed by atoms with van der Waals surface area (Å²) in [6, 6.07) is 0. The predicted molar refractivity (Wildman–Crippen MR) is 83.2 cm³/mol. The SMILES string of the molecule is C=CC[C@]1(C(=O)O)CCCN(C(=O)C2CCC(CO)CC2)C1. The van der Waals surface area contributed by atoms with Crippen molar-refractivity contribution in [2.24, 2.45) is 17.3 Å². The minimum Gasteiger partial charge on any atom is -0.481 e. The molecular formula is C17H27NO4. The van der Waals surface area contributed by atoms with Gasteiger partial charge in [0, 0.05) is 25.6 Å². The third-order valence-electron chi connectivity index (χ3n) is 5.33. The van der Waals surface area contributed by atoms with E-state index in [1.165, 1.54) is 0 Å². The molecule has 1 saturated heterocycles. The Balaban J connectivity index is 2.01. The van der Waals surface area contributed by atoms with E-state index in [0.29, 0.717) is 31.8 Å². The molecule has 2 fully saturated rings. The van der Waals surface area contributed by atoms with Crippen LogP contribution in [0, 0.1) is 17.3 Å². The highest BCUT2D eigenvalue weighted by molar-refractivity contribution is 5.81. The Bertz CT molecular complexity index is 428. The molecule has 2 rings (SSSR count). The smallest absolute Gasteiger partial charge is 0.311 e. The summed E-state index contributed by atoms with van der Waals surface area (Å²) in [4.78, 5) is 26.1. The van der Waals surface area contributed by atoms with Crippen LogP contribution in [-0.2, 0) is 9.59 Å². The number of aliphatic carboxylic acids is 1. The van der Waals surface area contributed by atoms with Crippen molar-refractivity contribution in [3.63, 3.8) is 0 Å². The summed E-state index contributed by atoms with van der Waals surface area (Å²) in [5, 5.41) is 18.8. The van der Waals surface area contributed by atoms with Crippen molar-refractivity contribution in [1.29, 1.82) is 0 Å². The van der Waals surface area contributed by atoms with Gasteiger partial charge in [-0.2, -0.15) is 0 Å². The molecule has 1 amide bonds. The Labute approximate surface area is 132 Å². The van der Waals surface area contributed by atoms with Crippen LogP contribution in [0.4, 0.5) is 0 Å². The number of piperidine rings is 1. The summed E-state index contributed by atoms with van der Waals surface area (Å²) in [6.07, 6.45) is 6.78. The quantitative estimate of drug-likeness (QED) is 0.762. The summed E-state index contributed by atoms with van der Waals surface area (Å²) in [5.74, 6) is -0.403. The first-order chi connectivity index (χ1) is 10.5. The summed E-state index contributed by atoms with van der Waals surface area (Å²) >= 11 is 0. The lowest BCUT2D eigenvalue weighted by Crippen LogP contribution is -2.51. The van der Waals surface area contributed by atoms with Crippen LogP contribution in [0.1, 0.15) is 44.9 Å². The highest BCUT2D eigenvalue weighted by Gasteiger charge is 2.43. The summed E-state index contributed by atoms with van der Waals surface area (Å²) in [6.45, 7) is 4.83. The largest absolute Gasteiger partial charge is 0.481 e. The molecular weight excluding hydrogens is 282 g/mol. The van der Waals surface area contributed by atoms with Gasteiger partial charge in [-0.1, -0.05) is 6.08 Å². The maximum atomic E-state index is 12.7. The normalized spacial score (nSPS) is 32.5. The van der Waals surface area contributed by atoms with E-state index in [-0.39, 0.29) is 18.4 Å². The summed E-state index contributed by atoms with van der Waals surface area (Å²) in [7, 11) is 0. The van der Waals surface area contributed by atoms with Crippen molar-refractivity contribution in [2.75, 3.05) is 19.7 Å². The number of amides is 1. The lowest BCUT2D eigenvalue weighted by atomic mass is 9.76. The fourth-order valence-corrected chi connectivity index (χ4v) is 3.87. The van der Waals surface area contributed by atoms with Crippen LogP contribution in [0.25, 0.3) is 0 Å². The summed E-state index contributed by atoms with van der Waals surface area (Å²) < 4.78 is 0. The zero-order valence-electron chi connectivity index (χ0n) is 13.2. The van der Waals surface area contributed by atoms with E-state index in [2.05, 4.69) is 6.58 Å². The van der Waals surface area contributed by atoms with E-state index in [0.717, 1.165) is 32.1 Å². The first-order valence-corrected chi connectivity index (χ1v) is 8.26. The van der Waals surface area contributed by atoms with Gasteiger partial charge in [0.05, 0.1) is 5.41 Å². The molecule has 2 N–H and O–H groups in total. The Kier molecular flexibility index (Phi) is 5.62. The van der Waals surface area contributed by atoms with E-state index in [4.69, 9.17) is 0 Å². The number of hydrogen-bond donors (Lipinski definition) is 2. The zero-order valence-corrected chi connectivity index (χ0v) is 13.2. The van der Waals surface area contributed by atoms with Crippen LogP contribution in [0.15, 0.2) is 12.7 Å². The van der Waals surface area contributed by atoms with Gasteiger partial charge in [0.1, 0.15) is 0 Å². The molecule has 0 bridgehead atoms. The maximum Gasteiger partial charge on any atom is 0.311 e. The highest BCUT2D eigenvalue weighted by atomic mass is 16.4. The van der Waals surface area contributed by atoms with Crippen LogP contribution in [0.5, 0.6) is 0 Å². The number of carbonyl (C=O) groups excluding carboxylic acids is 1. The second kappa shape index (κ2) is 7.27. The van der Waals surface area contributed by atoms with E-state index >= 15 is 0 Å². The van der Waals surface area contributed by atoms with Gasteiger partial charge in [-0.05, 0) is 50.9 Å². The van der Waals surface area contributed by atoms with Gasteiger partial charge < -0.3 is 15.1 Å². The average Bonchev–Trinajstić information content (AvgIpc) is 2.54. The molecule has 1 atom stereocenters. The van der Waals surface area contributed by atoms with E-state index in [1.807, 2.05) is 0 Å². The molecule has 0 radical (unpaired) electrons. The molecule has 0 unspecified atom stereocenters. The van der Waals surface area contributed by atoms with Gasteiger partial charge >= 0.3 is 5.97 Å². The lowest BCUT2D eigenvalue weighted by Gasteiger charge is -2.41. The number of carboxylic acids is 1. The number of rotatable bonds is 5. The molecule has 1 aliphatic carbocycles. The van der Waals surface area contributed by atoms with Gasteiger partial charge in [0.25, 0.3) is 0 Å². The fourth-order valence-electron chi connectivity index (χ4n) is 3.87. The van der Waals surface area contributed by atoms with Crippen molar-refractivity contribution in [2.45, 2.75) is 44.9 Å². The fraction of sp³-hybridized carbons (Fsp3) is 0.765. The molecule has 1 saturated carbocycles. The van der Waals surface area contributed by atoms with Crippen LogP contribution in [0.3, 0.4) is 0 Å². The Morgan fingerprint density at radius 3 is 2.50 bits per heavy atom. The molecule has 22 heavy (non-hydrogen) atoms. The number of hydrogen-bond acceptors (Lipinski definition) is 3. The monoisotopic (exact) mass is 309 g/mol. The van der Waals surface area contributed by atoms with Crippen LogP contribution < -0.4 is 0 Å². The number of nitrogens with zero attached hydrogens (tertiary/aromatic N) is 1. The number of allylic oxidation sites excluding steroid dienone is 1. The van der Waals surface area contributed by atoms with Crippen molar-refractivity contribution >= 4 is 11.9 Å². The Hall–Kier alpha value is -1.36. The van der Waals surface area contributed by atoms with Crippen LogP contribution >= 0.6 is 0 Å². The van der Waals surface area contributed by atoms with Crippen LogP contribution in [0.2, 0.25) is 0 Å². The number of likely N-dealkylation sites (tertiary alicyclic amines) is 1. The third-order valence-corrected chi connectivity index (χ3v) is 5.33. The Morgan fingerprint density at radius 2 is 1.95 bits per heavy atom. The summed E-state index contributed by atoms with van der Waals surface area (Å²) in [5.41, 5.74) is -0.863. The minimum atomic E-state index is -0.863. The second-order valence-corrected chi connectivity index (χ2v) is 6.84. The standard InChI is InChI=1S/C17H27NO4/c1-2-8-17(16(21)22)9-3-10-18(12-17)15(20)14-6-4-13(11-19)5-7-14/h2,13-14,19H,1,3-12H2,(H,21,22)/t13?,14?,17-/m0/s1. The average molecular weight is 309 g/mol. The molecule has 124 valence electrons. The molecule has 2 aliphatic rings. The lowest BCUT2D eigenvalue weighted by molar-refractivity contribution is -0.156. The Morgan fingerprint density at radius 1 is 1.27 bits per heavy atom. The van der Waals surface area contributed by atoms with E-state index in [1.54, 1.807) is 11.0 Å². The third kappa shape index (κ3) is 3.51. The van der Waals surface area contributed by atoms with Gasteiger partial charge in [-0.3, -0.25) is 9.59 Å². The molecule has 0 spiro atoms. The molecule has 0 aromatic carbocycles. The molecule has 5 nitrogen and oxygen atoms in total. The number of aliphatic hydroxyl groups excluding tert-OH is 1. The molecule has 5 heteroatoms. The van der Waals surface area contributed by atoms with E-state index in [9.17, 15) is 19.8 Å². The van der Waals surface area contributed by atoms with Crippen molar-refractivity contribution in [3.8, 4) is 0 Å². The molecule has 0 aromatic rings. The van der Waals surface area contributed by atoms with Gasteiger partial charge in [0.15, 0.2) is 0 Å². The van der Waals surface area contributed by atoms with Gasteiger partial charge in [0.2, 0.25) is 5.91 Å². The van der Waals surface area contributed by atoms with Crippen molar-refractivity contribution < 1.29 is 19.8 Å². The van der Waals surface area contributed by atoms with Crippen molar-refractivity contribution in [3.05, 3.63) is 12.7 Å². The highest BCUT2D eigenvalue weighted by Crippen LogP contribution is 2.36. The zero-order chi connectivity index (χ0) is 16.2. The molecule has 0 aromatic heterocycles. The second-order valence-electron chi connectivity index (χ2n) is 6.84. The minimum absolute atomic E-state index is 0.00359. The molecule has 1 heterocycles. The van der Waals surface area contributed by atoms with Crippen molar-refractivity contribution in [1.82, 2.24) is 4.90 Å². The van der Waals surface area contributed by atoms with Gasteiger partial charge in [-0.15, -0.1) is 6.58 Å². The maximum absolute atomic E-state index is 12.7. The first-order valence-electron chi connectivity index (χ1n) is 8.26. The number of carboxylic acid groups (broad SMARTS) is 1.